The molecule has 0 bridgehead atoms. The van der Waals surface area contributed by atoms with Gasteiger partial charge in [-0.15, -0.1) is 0 Å². The summed E-state index contributed by atoms with van der Waals surface area (Å²) in [6.07, 6.45) is 5.36. The smallest absolute Gasteiger partial charge is 0.407 e. The monoisotopic (exact) mass is 732 g/mol. The number of methoxy groups -OCH3 is 2. The number of esters is 1. The Kier molecular flexibility index (Phi) is 11.5. The Morgan fingerprint density at radius 3 is 2.13 bits per heavy atom. The number of aromatic amines is 1. The predicted molar refractivity (Wildman–Crippen MR) is 215 cm³/mol. The summed E-state index contributed by atoms with van der Waals surface area (Å²) in [6.45, 7) is 12.3. The van der Waals surface area contributed by atoms with Gasteiger partial charge in [0.1, 0.15) is 5.82 Å². The van der Waals surface area contributed by atoms with Gasteiger partial charge in [-0.25, -0.2) is 9.78 Å². The van der Waals surface area contributed by atoms with E-state index in [-0.39, 0.29) is 36.0 Å². The molecule has 0 saturated carbocycles. The molecule has 2 N–H and O–H groups in total. The number of rotatable bonds is 13. The maximum Gasteiger partial charge on any atom is 0.407 e. The quantitative estimate of drug-likeness (QED) is 0.133. The van der Waals surface area contributed by atoms with Crippen LogP contribution in [0.15, 0.2) is 65.7 Å². The molecule has 0 spiro atoms. The van der Waals surface area contributed by atoms with Crippen molar-refractivity contribution in [2.24, 2.45) is 22.7 Å². The van der Waals surface area contributed by atoms with Gasteiger partial charge in [-0.2, -0.15) is 0 Å². The largest absolute Gasteiger partial charge is 0.469 e. The van der Waals surface area contributed by atoms with Crippen molar-refractivity contribution in [2.45, 2.75) is 84.3 Å². The van der Waals surface area contributed by atoms with E-state index >= 15 is 0 Å². The first kappa shape index (κ1) is 37.8. The molecule has 4 aromatic rings. The number of ether oxygens (including phenoxy) is 2. The van der Waals surface area contributed by atoms with Crippen LogP contribution in [0, 0.1) is 17.8 Å². The number of aromatic nitrogens is 2. The summed E-state index contributed by atoms with van der Waals surface area (Å²) >= 11 is 0. The number of fused-ring (bicyclic) bond motifs is 2. The van der Waals surface area contributed by atoms with E-state index in [0.717, 1.165) is 92.0 Å². The van der Waals surface area contributed by atoms with Crippen molar-refractivity contribution in [3.63, 3.8) is 0 Å². The zero-order valence-electron chi connectivity index (χ0n) is 32.7. The van der Waals surface area contributed by atoms with Crippen LogP contribution in [-0.4, -0.2) is 90.0 Å². The number of carbonyl (C=O) groups excluding carboxylic acids is 2. The number of aliphatic imine (C=N–C) groups is 1. The topological polar surface area (TPSA) is 112 Å². The molecule has 10 heteroatoms. The highest BCUT2D eigenvalue weighted by molar-refractivity contribution is 5.98. The van der Waals surface area contributed by atoms with Crippen LogP contribution in [0.25, 0.3) is 33.3 Å². The molecule has 0 radical (unpaired) electrons. The Bertz CT molecular complexity index is 1980. The third kappa shape index (κ3) is 8.25. The summed E-state index contributed by atoms with van der Waals surface area (Å²) in [6, 6.07) is 22.5. The number of imidazole rings is 1. The normalized spacial score (nSPS) is 20.0. The van der Waals surface area contributed by atoms with Crippen molar-refractivity contribution in [1.29, 1.82) is 0 Å². The van der Waals surface area contributed by atoms with Crippen LogP contribution < -0.4 is 5.32 Å². The highest BCUT2D eigenvalue weighted by Crippen LogP contribution is 2.37. The van der Waals surface area contributed by atoms with E-state index in [2.05, 4.69) is 108 Å². The number of nitrogens with one attached hydrogen (secondary N) is 2. The number of amides is 1. The molecule has 4 atom stereocenters. The van der Waals surface area contributed by atoms with E-state index < -0.39 is 0 Å². The Labute approximate surface area is 319 Å². The molecular formula is C44H56N6O4. The van der Waals surface area contributed by atoms with Gasteiger partial charge in [0.2, 0.25) is 0 Å². The van der Waals surface area contributed by atoms with Gasteiger partial charge in [0.25, 0.3) is 0 Å². The molecule has 3 aliphatic heterocycles. The zero-order chi connectivity index (χ0) is 37.9. The molecule has 286 valence electrons. The van der Waals surface area contributed by atoms with Crippen LogP contribution in [0.5, 0.6) is 0 Å². The summed E-state index contributed by atoms with van der Waals surface area (Å²) < 4.78 is 9.89. The maximum absolute atomic E-state index is 12.1. The molecule has 0 aliphatic carbocycles. The molecule has 54 heavy (non-hydrogen) atoms. The number of hydrogen-bond donors (Lipinski definition) is 2. The molecule has 1 amide bonds. The first-order valence-electron chi connectivity index (χ1n) is 19.8. The third-order valence-electron chi connectivity index (χ3n) is 12.0. The second-order valence-corrected chi connectivity index (χ2v) is 16.1. The fourth-order valence-corrected chi connectivity index (χ4v) is 8.57. The van der Waals surface area contributed by atoms with Crippen LogP contribution in [0.3, 0.4) is 0 Å². The minimum absolute atomic E-state index is 0.00361. The lowest BCUT2D eigenvalue weighted by Gasteiger charge is -2.30. The first-order chi connectivity index (χ1) is 26.1. The number of carbonyl (C=O) groups is 2. The van der Waals surface area contributed by atoms with Gasteiger partial charge in [-0.05, 0) is 103 Å². The van der Waals surface area contributed by atoms with Crippen LogP contribution in [0.1, 0.15) is 77.2 Å². The van der Waals surface area contributed by atoms with Gasteiger partial charge < -0.3 is 19.8 Å². The Balaban J connectivity index is 1.03. The number of nitrogens with zero attached hydrogens (tertiary/aromatic N) is 4. The molecule has 0 unspecified atom stereocenters. The number of alkyl carbamates (subject to hydrolysis) is 1. The summed E-state index contributed by atoms with van der Waals surface area (Å²) in [5.74, 6) is 1.81. The van der Waals surface area contributed by atoms with Crippen LogP contribution in [0.2, 0.25) is 0 Å². The van der Waals surface area contributed by atoms with E-state index in [0.29, 0.717) is 18.4 Å². The molecule has 1 aromatic heterocycles. The second kappa shape index (κ2) is 16.4. The molecule has 10 nitrogen and oxygen atoms in total. The van der Waals surface area contributed by atoms with Gasteiger partial charge in [0.15, 0.2) is 0 Å². The minimum Gasteiger partial charge on any atom is -0.469 e. The average molecular weight is 733 g/mol. The van der Waals surface area contributed by atoms with Crippen molar-refractivity contribution in [3.05, 3.63) is 72.1 Å². The lowest BCUT2D eigenvalue weighted by molar-refractivity contribution is -0.142. The molecule has 3 aromatic carbocycles. The average Bonchev–Trinajstić information content (AvgIpc) is 3.99. The highest BCUT2D eigenvalue weighted by atomic mass is 16.5. The Hall–Kier alpha value is -4.54. The lowest BCUT2D eigenvalue weighted by Crippen LogP contribution is -2.46. The maximum atomic E-state index is 12.1. The van der Waals surface area contributed by atoms with E-state index in [4.69, 9.17) is 19.5 Å². The van der Waals surface area contributed by atoms with Crippen LogP contribution >= 0.6 is 0 Å². The lowest BCUT2D eigenvalue weighted by atomic mass is 9.91. The number of benzene rings is 3. The van der Waals surface area contributed by atoms with Crippen molar-refractivity contribution < 1.29 is 19.1 Å². The minimum atomic E-state index is -0.387. The number of hydrogen-bond acceptors (Lipinski definition) is 8. The molecule has 7 rings (SSSR count). The number of likely N-dealkylation sites (tertiary alicyclic amines) is 2. The molecular weight excluding hydrogens is 677 g/mol. The number of H-pyrrole nitrogens is 1. The van der Waals surface area contributed by atoms with Crippen LogP contribution in [-0.2, 0) is 20.7 Å². The van der Waals surface area contributed by atoms with Crippen molar-refractivity contribution in [2.75, 3.05) is 40.4 Å². The van der Waals surface area contributed by atoms with Gasteiger partial charge in [0.05, 0.1) is 37.0 Å². The molecule has 3 aliphatic rings. The first-order valence-corrected chi connectivity index (χ1v) is 19.8. The van der Waals surface area contributed by atoms with Gasteiger partial charge in [-0.3, -0.25) is 19.6 Å². The standard InChI is InChI=1S/C44H56N6O4/c1-27(2)34(24-42(51)53-5)25-49-19-7-9-40(49)38-23-33-16-15-31(21-36(33)45-38)29-11-13-30(14-12-29)32-17-18-35-37(22-32)47-43(46-35)41-10-8-20-50(41)26-39(28(3)4)48-44(52)54-6/h11-18,21-22,27-28,34,39-41H,7-10,19-20,23-26H2,1-6H3,(H,46,47)(H,48,52)/t34-,39-,40+,41+/m1/s1. The Morgan fingerprint density at radius 2 is 1.46 bits per heavy atom. The van der Waals surface area contributed by atoms with Crippen LogP contribution in [0.4, 0.5) is 10.5 Å². The van der Waals surface area contributed by atoms with Gasteiger partial charge >= 0.3 is 12.1 Å². The van der Waals surface area contributed by atoms with Gasteiger partial charge in [-0.1, -0.05) is 70.2 Å². The molecule has 2 fully saturated rings. The molecule has 4 heterocycles. The second-order valence-electron chi connectivity index (χ2n) is 16.1. The highest BCUT2D eigenvalue weighted by Gasteiger charge is 2.35. The van der Waals surface area contributed by atoms with Crippen molar-refractivity contribution in [1.82, 2.24) is 25.1 Å². The fraction of sp³-hybridized carbons (Fsp3) is 0.500. The van der Waals surface area contributed by atoms with Crippen molar-refractivity contribution >= 4 is 34.5 Å². The van der Waals surface area contributed by atoms with E-state index in [1.807, 2.05) is 0 Å². The fourth-order valence-electron chi connectivity index (χ4n) is 8.57. The predicted octanol–water partition coefficient (Wildman–Crippen LogP) is 8.34. The van der Waals surface area contributed by atoms with E-state index in [9.17, 15) is 9.59 Å². The van der Waals surface area contributed by atoms with E-state index in [1.54, 1.807) is 0 Å². The van der Waals surface area contributed by atoms with E-state index in [1.165, 1.54) is 36.6 Å². The Morgan fingerprint density at radius 1 is 0.815 bits per heavy atom. The van der Waals surface area contributed by atoms with Gasteiger partial charge in [0, 0.05) is 43.7 Å². The summed E-state index contributed by atoms with van der Waals surface area (Å²) in [7, 11) is 2.89. The summed E-state index contributed by atoms with van der Waals surface area (Å²) in [5.41, 5.74) is 10.3. The SMILES string of the molecule is COC(=O)C[C@H](CN1CCC[C@H]1C1=Nc2cc(-c3ccc(-c4ccc5nc([C@@H]6CCCN6C[C@@H](NC(=O)OC)C(C)C)[nH]c5c4)cc3)ccc2C1)C(C)C. The third-order valence-corrected chi connectivity index (χ3v) is 12.0. The van der Waals surface area contributed by atoms with Crippen molar-refractivity contribution in [3.8, 4) is 22.3 Å². The molecule has 2 saturated heterocycles. The zero-order valence-corrected chi connectivity index (χ0v) is 32.7. The summed E-state index contributed by atoms with van der Waals surface area (Å²) in [5, 5.41) is 3.02. The summed E-state index contributed by atoms with van der Waals surface area (Å²) in [4.78, 5) is 43.0.